The molecule has 0 saturated heterocycles. The zero-order valence-corrected chi connectivity index (χ0v) is 11.4. The van der Waals surface area contributed by atoms with E-state index in [0.29, 0.717) is 0 Å². The van der Waals surface area contributed by atoms with Gasteiger partial charge < -0.3 is 9.52 Å². The van der Waals surface area contributed by atoms with Crippen molar-refractivity contribution in [3.8, 4) is 0 Å². The number of hydrogen-bond donors (Lipinski definition) is 2. The van der Waals surface area contributed by atoms with Crippen molar-refractivity contribution in [3.63, 3.8) is 0 Å². The maximum Gasteiger partial charge on any atom is 0.340 e. The van der Waals surface area contributed by atoms with E-state index in [4.69, 9.17) is 9.52 Å². The summed E-state index contributed by atoms with van der Waals surface area (Å²) in [5, 5.41) is 9.11. The highest BCUT2D eigenvalue weighted by molar-refractivity contribution is 7.92. The minimum absolute atomic E-state index is 0.0108. The molecule has 2 N–H and O–H groups in total. The van der Waals surface area contributed by atoms with Crippen LogP contribution in [-0.2, 0) is 10.0 Å². The highest BCUT2D eigenvalue weighted by Gasteiger charge is 2.31. The number of anilines is 1. The van der Waals surface area contributed by atoms with E-state index in [-0.39, 0.29) is 17.5 Å². The first-order chi connectivity index (χ1) is 9.33. The average molecular weight is 297 g/mol. The Bertz CT molecular complexity index is 752. The van der Waals surface area contributed by atoms with Gasteiger partial charge in [0, 0.05) is 12.4 Å². The molecule has 2 heterocycles. The highest BCUT2D eigenvalue weighted by Crippen LogP contribution is 2.27. The molecular weight excluding hydrogens is 286 g/mol. The van der Waals surface area contributed by atoms with E-state index < -0.39 is 26.5 Å². The summed E-state index contributed by atoms with van der Waals surface area (Å²) in [5.74, 6) is -1.52. The third-order valence-corrected chi connectivity index (χ3v) is 3.96. The van der Waals surface area contributed by atoms with Crippen LogP contribution in [0.15, 0.2) is 27.8 Å². The molecule has 0 aromatic carbocycles. The van der Waals surface area contributed by atoms with Crippen LogP contribution in [0.25, 0.3) is 0 Å². The lowest BCUT2D eigenvalue weighted by Gasteiger charge is -2.06. The fourth-order valence-corrected chi connectivity index (χ4v) is 3.12. The monoisotopic (exact) mass is 297 g/mol. The molecule has 0 unspecified atom stereocenters. The van der Waals surface area contributed by atoms with Crippen molar-refractivity contribution in [3.05, 3.63) is 35.5 Å². The summed E-state index contributed by atoms with van der Waals surface area (Å²) in [6.45, 7) is 2.76. The Labute approximate surface area is 114 Å². The summed E-state index contributed by atoms with van der Waals surface area (Å²) in [7, 11) is -4.15. The largest absolute Gasteiger partial charge is 0.478 e. The molecule has 0 amide bonds. The van der Waals surface area contributed by atoms with Crippen LogP contribution in [0.3, 0.4) is 0 Å². The number of carboxylic acid groups (broad SMARTS) is 1. The Morgan fingerprint density at radius 1 is 1.25 bits per heavy atom. The molecule has 2 rings (SSSR count). The van der Waals surface area contributed by atoms with Crippen molar-refractivity contribution in [2.75, 3.05) is 4.72 Å². The molecule has 106 valence electrons. The van der Waals surface area contributed by atoms with Crippen LogP contribution < -0.4 is 4.72 Å². The van der Waals surface area contributed by atoms with Gasteiger partial charge in [-0.05, 0) is 19.9 Å². The molecule has 0 aliphatic rings. The van der Waals surface area contributed by atoms with Crippen LogP contribution in [-0.4, -0.2) is 29.5 Å². The zero-order chi connectivity index (χ0) is 14.9. The second-order valence-electron chi connectivity index (χ2n) is 3.90. The predicted octanol–water partition coefficient (Wildman–Crippen LogP) is 1.19. The first-order valence-corrected chi connectivity index (χ1v) is 6.94. The van der Waals surface area contributed by atoms with E-state index >= 15 is 0 Å². The number of aryl methyl sites for hydroxylation is 2. The Morgan fingerprint density at radius 2 is 1.85 bits per heavy atom. The number of aromatic nitrogens is 2. The fraction of sp³-hybridized carbons (Fsp3) is 0.182. The summed E-state index contributed by atoms with van der Waals surface area (Å²) in [5.41, 5.74) is -0.397. The van der Waals surface area contributed by atoms with Crippen molar-refractivity contribution >= 4 is 21.9 Å². The molecule has 2 aromatic rings. The van der Waals surface area contributed by atoms with E-state index in [2.05, 4.69) is 14.7 Å². The molecule has 20 heavy (non-hydrogen) atoms. The van der Waals surface area contributed by atoms with E-state index in [0.717, 1.165) is 0 Å². The van der Waals surface area contributed by atoms with Crippen molar-refractivity contribution in [2.45, 2.75) is 18.7 Å². The number of nitrogens with one attached hydrogen (secondary N) is 1. The molecule has 0 aliphatic carbocycles. The van der Waals surface area contributed by atoms with Gasteiger partial charge in [-0.2, -0.15) is 0 Å². The minimum atomic E-state index is -4.15. The van der Waals surface area contributed by atoms with E-state index in [1.54, 1.807) is 0 Å². The molecular formula is C11H11N3O5S. The third kappa shape index (κ3) is 2.48. The van der Waals surface area contributed by atoms with Gasteiger partial charge in [0.05, 0.1) is 0 Å². The molecule has 0 spiro atoms. The molecule has 2 aromatic heterocycles. The molecule has 0 saturated carbocycles. The Hall–Kier alpha value is -2.42. The van der Waals surface area contributed by atoms with Gasteiger partial charge in [-0.25, -0.2) is 27.9 Å². The van der Waals surface area contributed by atoms with E-state index in [1.165, 1.54) is 32.3 Å². The van der Waals surface area contributed by atoms with Gasteiger partial charge in [0.1, 0.15) is 22.0 Å². The van der Waals surface area contributed by atoms with Gasteiger partial charge in [-0.1, -0.05) is 0 Å². The Kier molecular flexibility index (Phi) is 3.45. The van der Waals surface area contributed by atoms with E-state index in [9.17, 15) is 13.2 Å². The minimum Gasteiger partial charge on any atom is -0.478 e. The van der Waals surface area contributed by atoms with Crippen LogP contribution in [0, 0.1) is 13.8 Å². The third-order valence-electron chi connectivity index (χ3n) is 2.48. The van der Waals surface area contributed by atoms with Gasteiger partial charge in [-0.15, -0.1) is 0 Å². The summed E-state index contributed by atoms with van der Waals surface area (Å²) in [6, 6.07) is 1.52. The van der Waals surface area contributed by atoms with E-state index in [1.807, 2.05) is 0 Å². The van der Waals surface area contributed by atoms with Crippen LogP contribution in [0.2, 0.25) is 0 Å². The Morgan fingerprint density at radius 3 is 2.40 bits per heavy atom. The first-order valence-electron chi connectivity index (χ1n) is 5.46. The molecule has 0 radical (unpaired) electrons. The molecule has 0 bridgehead atoms. The number of sulfonamides is 1. The van der Waals surface area contributed by atoms with Crippen molar-refractivity contribution in [2.24, 2.45) is 0 Å². The second kappa shape index (κ2) is 4.93. The maximum absolute atomic E-state index is 12.2. The normalized spacial score (nSPS) is 11.3. The SMILES string of the molecule is Cc1oc(C)c(S(=O)(=O)Nc2ncccn2)c1C(=O)O. The maximum atomic E-state index is 12.2. The number of nitrogens with zero attached hydrogens (tertiary/aromatic N) is 2. The van der Waals surface area contributed by atoms with Gasteiger partial charge in [0.2, 0.25) is 5.95 Å². The number of hydrogen-bond acceptors (Lipinski definition) is 6. The van der Waals surface area contributed by atoms with Gasteiger partial charge >= 0.3 is 5.97 Å². The average Bonchev–Trinajstić information content (AvgIpc) is 2.65. The van der Waals surface area contributed by atoms with Gasteiger partial charge in [0.25, 0.3) is 10.0 Å². The smallest absolute Gasteiger partial charge is 0.340 e. The van der Waals surface area contributed by atoms with Crippen molar-refractivity contribution < 1.29 is 22.7 Å². The van der Waals surface area contributed by atoms with Crippen LogP contribution >= 0.6 is 0 Å². The topological polar surface area (TPSA) is 122 Å². The van der Waals surface area contributed by atoms with Crippen molar-refractivity contribution in [1.29, 1.82) is 0 Å². The number of aromatic carboxylic acids is 1. The van der Waals surface area contributed by atoms with Gasteiger partial charge in [-0.3, -0.25) is 0 Å². The summed E-state index contributed by atoms with van der Waals surface area (Å²) in [6.07, 6.45) is 2.72. The summed E-state index contributed by atoms with van der Waals surface area (Å²) in [4.78, 5) is 18.2. The van der Waals surface area contributed by atoms with Crippen LogP contribution in [0.4, 0.5) is 5.95 Å². The summed E-state index contributed by atoms with van der Waals surface area (Å²) < 4.78 is 31.7. The zero-order valence-electron chi connectivity index (χ0n) is 10.6. The standard InChI is InChI=1S/C11H11N3O5S/c1-6-8(10(15)16)9(7(2)19-6)20(17,18)14-11-12-4-3-5-13-11/h3-5H,1-2H3,(H,15,16)(H,12,13,14). The molecule has 0 atom stereocenters. The van der Waals surface area contributed by atoms with Gasteiger partial charge in [0.15, 0.2) is 0 Å². The predicted molar refractivity (Wildman–Crippen MR) is 68.0 cm³/mol. The lowest BCUT2D eigenvalue weighted by atomic mass is 10.2. The highest BCUT2D eigenvalue weighted by atomic mass is 32.2. The molecule has 8 nitrogen and oxygen atoms in total. The molecule has 9 heteroatoms. The number of furan rings is 1. The number of rotatable bonds is 4. The number of carboxylic acids is 1. The number of carbonyl (C=O) groups is 1. The fourth-order valence-electron chi connectivity index (χ4n) is 1.76. The quantitative estimate of drug-likeness (QED) is 0.868. The van der Waals surface area contributed by atoms with Crippen LogP contribution in [0.1, 0.15) is 21.9 Å². The van der Waals surface area contributed by atoms with Crippen molar-refractivity contribution in [1.82, 2.24) is 9.97 Å². The lowest BCUT2D eigenvalue weighted by molar-refractivity contribution is 0.0691. The Balaban J connectivity index is 2.53. The first kappa shape index (κ1) is 14.0. The lowest BCUT2D eigenvalue weighted by Crippen LogP contribution is -2.18. The summed E-state index contributed by atoms with van der Waals surface area (Å²) >= 11 is 0. The van der Waals surface area contributed by atoms with Crippen LogP contribution in [0.5, 0.6) is 0 Å². The second-order valence-corrected chi connectivity index (χ2v) is 5.52. The molecule has 0 aliphatic heterocycles. The molecule has 0 fully saturated rings.